The first-order chi connectivity index (χ1) is 10.2. The Bertz CT molecular complexity index is 775. The normalized spacial score (nSPS) is 10.7. The number of rotatable bonds is 4. The molecule has 0 atom stereocenters. The second-order valence-corrected chi connectivity index (χ2v) is 7.48. The zero-order chi connectivity index (χ0) is 14.8. The molecule has 0 aliphatic heterocycles. The molecule has 6 heteroatoms. The average Bonchev–Trinajstić information content (AvgIpc) is 3.14. The van der Waals surface area contributed by atoms with E-state index < -0.39 is 0 Å². The first-order valence-electron chi connectivity index (χ1n) is 6.23. The molecule has 0 aliphatic rings. The SMILES string of the molecule is CSc1sc(C(=N)N)cc1-c1ncc(-c2ccccc2)s1. The van der Waals surface area contributed by atoms with Crippen LogP contribution in [0.3, 0.4) is 0 Å². The first kappa shape index (κ1) is 14.3. The summed E-state index contributed by atoms with van der Waals surface area (Å²) in [5.74, 6) is 0.112. The summed E-state index contributed by atoms with van der Waals surface area (Å²) in [4.78, 5) is 6.49. The lowest BCUT2D eigenvalue weighted by atomic mass is 10.2. The van der Waals surface area contributed by atoms with Crippen LogP contribution in [0.15, 0.2) is 46.8 Å². The minimum Gasteiger partial charge on any atom is -0.383 e. The summed E-state index contributed by atoms with van der Waals surface area (Å²) >= 11 is 4.88. The smallest absolute Gasteiger partial charge is 0.133 e. The maximum atomic E-state index is 7.58. The largest absolute Gasteiger partial charge is 0.383 e. The van der Waals surface area contributed by atoms with Crippen LogP contribution in [0.4, 0.5) is 0 Å². The topological polar surface area (TPSA) is 62.8 Å². The van der Waals surface area contributed by atoms with Crippen molar-refractivity contribution < 1.29 is 0 Å². The Labute approximate surface area is 135 Å². The molecule has 0 amide bonds. The van der Waals surface area contributed by atoms with Crippen molar-refractivity contribution in [3.63, 3.8) is 0 Å². The maximum absolute atomic E-state index is 7.58. The molecule has 1 aromatic carbocycles. The van der Waals surface area contributed by atoms with E-state index in [2.05, 4.69) is 17.1 Å². The van der Waals surface area contributed by atoms with Crippen molar-refractivity contribution in [3.05, 3.63) is 47.5 Å². The van der Waals surface area contributed by atoms with E-state index in [1.807, 2.05) is 36.7 Å². The van der Waals surface area contributed by atoms with Crippen molar-refractivity contribution in [3.8, 4) is 21.0 Å². The number of benzene rings is 1. The van der Waals surface area contributed by atoms with E-state index in [1.54, 1.807) is 34.4 Å². The number of nitrogens with one attached hydrogen (secondary N) is 1. The van der Waals surface area contributed by atoms with Gasteiger partial charge in [-0.3, -0.25) is 5.41 Å². The van der Waals surface area contributed by atoms with Crippen LogP contribution in [-0.4, -0.2) is 17.1 Å². The van der Waals surface area contributed by atoms with Crippen molar-refractivity contribution in [2.24, 2.45) is 5.73 Å². The fraction of sp³-hybridized carbons (Fsp3) is 0.0667. The van der Waals surface area contributed by atoms with Crippen molar-refractivity contribution >= 4 is 40.3 Å². The van der Waals surface area contributed by atoms with E-state index in [-0.39, 0.29) is 5.84 Å². The first-order valence-corrected chi connectivity index (χ1v) is 9.08. The van der Waals surface area contributed by atoms with E-state index in [0.29, 0.717) is 0 Å². The highest BCUT2D eigenvalue weighted by Gasteiger charge is 2.15. The van der Waals surface area contributed by atoms with Gasteiger partial charge in [0, 0.05) is 11.8 Å². The number of amidine groups is 1. The van der Waals surface area contributed by atoms with Crippen LogP contribution in [0.5, 0.6) is 0 Å². The molecule has 21 heavy (non-hydrogen) atoms. The van der Waals surface area contributed by atoms with E-state index in [0.717, 1.165) is 24.5 Å². The molecule has 0 unspecified atom stereocenters. The second kappa shape index (κ2) is 6.01. The van der Waals surface area contributed by atoms with Crippen molar-refractivity contribution in [1.29, 1.82) is 5.41 Å². The number of nitrogens with two attached hydrogens (primary N) is 1. The van der Waals surface area contributed by atoms with Crippen LogP contribution in [0.1, 0.15) is 4.88 Å². The molecular weight excluding hydrogens is 318 g/mol. The molecule has 0 radical (unpaired) electrons. The average molecular weight is 331 g/mol. The molecule has 3 N–H and O–H groups in total. The van der Waals surface area contributed by atoms with Gasteiger partial charge in [0.05, 0.1) is 14.0 Å². The predicted octanol–water partition coefficient (Wildman–Crippen LogP) is 4.54. The fourth-order valence-electron chi connectivity index (χ4n) is 1.94. The molecule has 2 heterocycles. The van der Waals surface area contributed by atoms with Gasteiger partial charge in [-0.25, -0.2) is 4.98 Å². The monoisotopic (exact) mass is 331 g/mol. The molecular formula is C15H13N3S3. The number of nitrogen functional groups attached to an aromatic ring is 1. The lowest BCUT2D eigenvalue weighted by Gasteiger charge is -1.96. The lowest BCUT2D eigenvalue weighted by molar-refractivity contribution is 1.40. The van der Waals surface area contributed by atoms with Crippen LogP contribution in [0.2, 0.25) is 0 Å². The minimum absolute atomic E-state index is 0.112. The van der Waals surface area contributed by atoms with Gasteiger partial charge in [0.1, 0.15) is 10.8 Å². The molecule has 3 nitrogen and oxygen atoms in total. The van der Waals surface area contributed by atoms with Crippen molar-refractivity contribution in [2.75, 3.05) is 6.26 Å². The van der Waals surface area contributed by atoms with Gasteiger partial charge in [0.15, 0.2) is 0 Å². The second-order valence-electron chi connectivity index (χ2n) is 4.33. The fourth-order valence-corrected chi connectivity index (χ4v) is 4.75. The van der Waals surface area contributed by atoms with Gasteiger partial charge >= 0.3 is 0 Å². The van der Waals surface area contributed by atoms with E-state index in [9.17, 15) is 0 Å². The summed E-state index contributed by atoms with van der Waals surface area (Å²) in [6.07, 6.45) is 3.94. The minimum atomic E-state index is 0.112. The third-order valence-electron chi connectivity index (χ3n) is 2.94. The number of thiazole rings is 1. The summed E-state index contributed by atoms with van der Waals surface area (Å²) in [7, 11) is 0. The molecule has 3 aromatic rings. The third kappa shape index (κ3) is 2.88. The van der Waals surface area contributed by atoms with Crippen LogP contribution >= 0.6 is 34.4 Å². The zero-order valence-corrected chi connectivity index (χ0v) is 13.7. The summed E-state index contributed by atoms with van der Waals surface area (Å²) in [6.45, 7) is 0. The van der Waals surface area contributed by atoms with Crippen LogP contribution in [0.25, 0.3) is 21.0 Å². The van der Waals surface area contributed by atoms with Crippen molar-refractivity contribution in [2.45, 2.75) is 4.21 Å². The molecule has 106 valence electrons. The Morgan fingerprint density at radius 1 is 1.24 bits per heavy atom. The Morgan fingerprint density at radius 2 is 2.00 bits per heavy atom. The molecule has 0 aliphatic carbocycles. The highest BCUT2D eigenvalue weighted by molar-refractivity contribution is 8.00. The predicted molar refractivity (Wildman–Crippen MR) is 93.7 cm³/mol. The summed E-state index contributed by atoms with van der Waals surface area (Å²) < 4.78 is 1.15. The molecule has 0 bridgehead atoms. The van der Waals surface area contributed by atoms with Crippen LogP contribution < -0.4 is 5.73 Å². The highest BCUT2D eigenvalue weighted by atomic mass is 32.2. The Balaban J connectivity index is 2.02. The molecule has 0 spiro atoms. The molecule has 0 saturated carbocycles. The molecule has 3 rings (SSSR count). The van der Waals surface area contributed by atoms with Crippen molar-refractivity contribution in [1.82, 2.24) is 4.98 Å². The summed E-state index contributed by atoms with van der Waals surface area (Å²) in [5.41, 5.74) is 7.84. The third-order valence-corrected chi connectivity index (χ3v) is 6.33. The van der Waals surface area contributed by atoms with Gasteiger partial charge in [0.25, 0.3) is 0 Å². The van der Waals surface area contributed by atoms with Gasteiger partial charge in [-0.1, -0.05) is 30.3 Å². The summed E-state index contributed by atoms with van der Waals surface area (Å²) in [6, 6.07) is 12.2. The van der Waals surface area contributed by atoms with Gasteiger partial charge in [0.2, 0.25) is 0 Å². The molecule has 0 saturated heterocycles. The number of hydrogen-bond acceptors (Lipinski definition) is 5. The van der Waals surface area contributed by atoms with E-state index >= 15 is 0 Å². The Morgan fingerprint density at radius 3 is 2.67 bits per heavy atom. The van der Waals surface area contributed by atoms with Crippen LogP contribution in [0, 0.1) is 5.41 Å². The quantitative estimate of drug-likeness (QED) is 0.419. The number of aromatic nitrogens is 1. The number of nitrogens with zero attached hydrogens (tertiary/aromatic N) is 1. The molecule has 0 fully saturated rings. The highest BCUT2D eigenvalue weighted by Crippen LogP contribution is 2.41. The zero-order valence-electron chi connectivity index (χ0n) is 11.3. The number of hydrogen-bond donors (Lipinski definition) is 2. The van der Waals surface area contributed by atoms with Gasteiger partial charge in [-0.05, 0) is 17.9 Å². The summed E-state index contributed by atoms with van der Waals surface area (Å²) in [5, 5.41) is 8.56. The standard InChI is InChI=1S/C15H13N3S3/c1-19-15-10(7-11(21-15)13(16)17)14-18-8-12(20-14)9-5-3-2-4-6-9/h2-8H,1H3,(H3,16,17). The maximum Gasteiger partial charge on any atom is 0.133 e. The lowest BCUT2D eigenvalue weighted by Crippen LogP contribution is -2.08. The number of thiophene rings is 1. The van der Waals surface area contributed by atoms with E-state index in [1.165, 1.54) is 5.56 Å². The van der Waals surface area contributed by atoms with Gasteiger partial charge in [-0.15, -0.1) is 34.4 Å². The molecule has 2 aromatic heterocycles. The van der Waals surface area contributed by atoms with Crippen LogP contribution in [-0.2, 0) is 0 Å². The van der Waals surface area contributed by atoms with Gasteiger partial charge < -0.3 is 5.73 Å². The van der Waals surface area contributed by atoms with E-state index in [4.69, 9.17) is 11.1 Å². The Kier molecular flexibility index (Phi) is 4.10. The Hall–Kier alpha value is -1.63. The van der Waals surface area contributed by atoms with Gasteiger partial charge in [-0.2, -0.15) is 0 Å². The number of thioether (sulfide) groups is 1.